The van der Waals surface area contributed by atoms with Gasteiger partial charge in [0.1, 0.15) is 17.7 Å². The number of halogens is 6. The van der Waals surface area contributed by atoms with Crippen LogP contribution in [0.4, 0.5) is 26.3 Å². The average molecular weight is 416 g/mol. The highest BCUT2D eigenvalue weighted by atomic mass is 19.3. The summed E-state index contributed by atoms with van der Waals surface area (Å²) in [5, 5.41) is 0. The molecule has 0 aromatic heterocycles. The zero-order valence-corrected chi connectivity index (χ0v) is 15.5. The molecule has 2 aromatic rings. The lowest BCUT2D eigenvalue weighted by Crippen LogP contribution is -2.24. The maximum atomic E-state index is 14.4. The van der Waals surface area contributed by atoms with Crippen LogP contribution in [0.3, 0.4) is 0 Å². The van der Waals surface area contributed by atoms with Crippen molar-refractivity contribution in [3.05, 3.63) is 76.6 Å². The summed E-state index contributed by atoms with van der Waals surface area (Å²) in [4.78, 5) is 0. The monoisotopic (exact) mass is 416 g/mol. The molecule has 0 N–H and O–H groups in total. The molecule has 0 radical (unpaired) electrons. The summed E-state index contributed by atoms with van der Waals surface area (Å²) >= 11 is 0. The number of allylic oxidation sites excluding steroid dienone is 1. The van der Waals surface area contributed by atoms with Gasteiger partial charge < -0.3 is 9.47 Å². The minimum absolute atomic E-state index is 0.259. The normalized spacial score (nSPS) is 16.9. The van der Waals surface area contributed by atoms with E-state index in [1.54, 1.807) is 6.26 Å². The van der Waals surface area contributed by atoms with Gasteiger partial charge in [-0.05, 0) is 42.5 Å². The Balaban J connectivity index is 1.79. The molecule has 1 atom stereocenters. The molecule has 29 heavy (non-hydrogen) atoms. The van der Waals surface area contributed by atoms with E-state index < -0.39 is 46.8 Å². The fraction of sp³-hybridized carbons (Fsp3) is 0.333. The van der Waals surface area contributed by atoms with Crippen LogP contribution >= 0.6 is 0 Å². The molecule has 0 bridgehead atoms. The second-order valence-electron chi connectivity index (χ2n) is 6.75. The van der Waals surface area contributed by atoms with E-state index in [1.165, 1.54) is 6.07 Å². The van der Waals surface area contributed by atoms with E-state index >= 15 is 0 Å². The van der Waals surface area contributed by atoms with Gasteiger partial charge in [0.15, 0.2) is 17.5 Å². The summed E-state index contributed by atoms with van der Waals surface area (Å²) < 4.78 is 92.2. The fourth-order valence-electron chi connectivity index (χ4n) is 3.13. The second kappa shape index (κ2) is 8.39. The lowest BCUT2D eigenvalue weighted by molar-refractivity contribution is -0.187. The van der Waals surface area contributed by atoms with E-state index in [0.717, 1.165) is 37.0 Å². The third-order valence-corrected chi connectivity index (χ3v) is 4.58. The van der Waals surface area contributed by atoms with Gasteiger partial charge >= 0.3 is 6.11 Å². The Morgan fingerprint density at radius 1 is 1.03 bits per heavy atom. The van der Waals surface area contributed by atoms with Crippen molar-refractivity contribution in [3.8, 4) is 5.75 Å². The molecule has 0 saturated heterocycles. The molecule has 0 saturated carbocycles. The molecule has 0 spiro atoms. The molecule has 3 rings (SSSR count). The zero-order valence-electron chi connectivity index (χ0n) is 15.5. The van der Waals surface area contributed by atoms with Crippen LogP contribution in [0, 0.1) is 23.3 Å². The van der Waals surface area contributed by atoms with E-state index in [4.69, 9.17) is 4.74 Å². The Kier molecular flexibility index (Phi) is 6.10. The van der Waals surface area contributed by atoms with E-state index in [2.05, 4.69) is 4.74 Å². The van der Waals surface area contributed by atoms with Crippen molar-refractivity contribution >= 4 is 0 Å². The average Bonchev–Trinajstić information content (AvgIpc) is 2.66. The van der Waals surface area contributed by atoms with Crippen molar-refractivity contribution < 1.29 is 35.8 Å². The van der Waals surface area contributed by atoms with Crippen molar-refractivity contribution in [2.75, 3.05) is 0 Å². The van der Waals surface area contributed by atoms with Crippen LogP contribution in [0.25, 0.3) is 0 Å². The highest BCUT2D eigenvalue weighted by Gasteiger charge is 2.38. The molecule has 1 aliphatic heterocycles. The fourth-order valence-corrected chi connectivity index (χ4v) is 3.13. The summed E-state index contributed by atoms with van der Waals surface area (Å²) in [5.41, 5.74) is 0.400. The first-order valence-corrected chi connectivity index (χ1v) is 9.06. The van der Waals surface area contributed by atoms with Crippen LogP contribution in [0.2, 0.25) is 0 Å². The minimum Gasteiger partial charge on any atom is -0.493 e. The highest BCUT2D eigenvalue weighted by Crippen LogP contribution is 2.37. The van der Waals surface area contributed by atoms with Crippen LogP contribution in [0.1, 0.15) is 49.8 Å². The molecule has 0 amide bonds. The smallest absolute Gasteiger partial charge is 0.429 e. The first kappa shape index (κ1) is 21.1. The maximum absolute atomic E-state index is 14.4. The largest absolute Gasteiger partial charge is 0.493 e. The van der Waals surface area contributed by atoms with Crippen molar-refractivity contribution in [1.82, 2.24) is 0 Å². The number of hydrogen-bond acceptors (Lipinski definition) is 2. The van der Waals surface area contributed by atoms with Gasteiger partial charge in [0.05, 0.1) is 11.8 Å². The number of benzene rings is 2. The van der Waals surface area contributed by atoms with Crippen LogP contribution in [-0.2, 0) is 10.8 Å². The molecule has 2 aromatic carbocycles. The lowest BCUT2D eigenvalue weighted by atomic mass is 9.96. The Bertz CT molecular complexity index is 902. The third-order valence-electron chi connectivity index (χ3n) is 4.58. The first-order valence-electron chi connectivity index (χ1n) is 9.06. The molecule has 1 aliphatic rings. The van der Waals surface area contributed by atoms with E-state index in [-0.39, 0.29) is 12.1 Å². The standard InChI is InChI=1S/C21H18F6O2/c1-2-3-12-4-7-19(28-11-12)13-5-6-15(16(22)8-13)21(26,27)29-14-9-17(23)20(25)18(24)10-14/h5-6,8-11,19H,2-4,7H2,1H3. The van der Waals surface area contributed by atoms with Gasteiger partial charge in [0.2, 0.25) is 0 Å². The van der Waals surface area contributed by atoms with Crippen molar-refractivity contribution in [2.24, 2.45) is 0 Å². The SMILES string of the molecule is CCCC1=COC(c2ccc(C(F)(F)Oc3cc(F)c(F)c(F)c3)c(F)c2)CC1. The predicted octanol–water partition coefficient (Wildman–Crippen LogP) is 6.91. The van der Waals surface area contributed by atoms with Crippen LogP contribution in [0.5, 0.6) is 5.75 Å². The zero-order chi connectivity index (χ0) is 21.2. The molecule has 1 unspecified atom stereocenters. The summed E-state index contributed by atoms with van der Waals surface area (Å²) in [6.07, 6.45) is 0.150. The van der Waals surface area contributed by atoms with Crippen LogP contribution < -0.4 is 4.74 Å². The number of ether oxygens (including phenoxy) is 2. The quantitative estimate of drug-likeness (QED) is 0.376. The number of hydrogen-bond donors (Lipinski definition) is 0. The Labute approximate surface area is 163 Å². The Hall–Kier alpha value is -2.64. The van der Waals surface area contributed by atoms with Crippen molar-refractivity contribution in [3.63, 3.8) is 0 Å². The lowest BCUT2D eigenvalue weighted by Gasteiger charge is -2.24. The molecular formula is C21H18F6O2. The van der Waals surface area contributed by atoms with E-state index in [9.17, 15) is 26.3 Å². The first-order chi connectivity index (χ1) is 13.7. The molecule has 0 fully saturated rings. The van der Waals surface area contributed by atoms with E-state index in [0.29, 0.717) is 12.0 Å². The molecule has 2 nitrogen and oxygen atoms in total. The minimum atomic E-state index is -4.24. The maximum Gasteiger partial charge on any atom is 0.429 e. The third kappa shape index (κ3) is 4.68. The van der Waals surface area contributed by atoms with Gasteiger partial charge in [-0.25, -0.2) is 17.6 Å². The van der Waals surface area contributed by atoms with Gasteiger partial charge in [-0.2, -0.15) is 8.78 Å². The molecule has 8 heteroatoms. The highest BCUT2D eigenvalue weighted by molar-refractivity contribution is 5.31. The number of rotatable bonds is 6. The predicted molar refractivity (Wildman–Crippen MR) is 93.3 cm³/mol. The van der Waals surface area contributed by atoms with Crippen LogP contribution in [-0.4, -0.2) is 0 Å². The molecule has 0 aliphatic carbocycles. The summed E-state index contributed by atoms with van der Waals surface area (Å²) in [5.74, 6) is -7.45. The summed E-state index contributed by atoms with van der Waals surface area (Å²) in [6.45, 7) is 2.04. The Morgan fingerprint density at radius 2 is 1.72 bits per heavy atom. The van der Waals surface area contributed by atoms with Crippen molar-refractivity contribution in [1.29, 1.82) is 0 Å². The summed E-state index contributed by atoms with van der Waals surface area (Å²) in [7, 11) is 0. The van der Waals surface area contributed by atoms with Crippen LogP contribution in [0.15, 0.2) is 42.2 Å². The summed E-state index contributed by atoms with van der Waals surface area (Å²) in [6, 6.07) is 3.55. The van der Waals surface area contributed by atoms with E-state index in [1.807, 2.05) is 6.92 Å². The second-order valence-corrected chi connectivity index (χ2v) is 6.75. The Morgan fingerprint density at radius 3 is 2.28 bits per heavy atom. The van der Waals surface area contributed by atoms with Gasteiger partial charge in [-0.1, -0.05) is 19.4 Å². The van der Waals surface area contributed by atoms with Gasteiger partial charge in [-0.15, -0.1) is 0 Å². The molecule has 156 valence electrons. The van der Waals surface area contributed by atoms with Gasteiger partial charge in [0, 0.05) is 12.1 Å². The van der Waals surface area contributed by atoms with Gasteiger partial charge in [0.25, 0.3) is 0 Å². The van der Waals surface area contributed by atoms with Gasteiger partial charge in [-0.3, -0.25) is 0 Å². The van der Waals surface area contributed by atoms with Crippen molar-refractivity contribution in [2.45, 2.75) is 44.8 Å². The topological polar surface area (TPSA) is 18.5 Å². The number of alkyl halides is 2. The molecular weight excluding hydrogens is 398 g/mol. The molecule has 1 heterocycles.